The van der Waals surface area contributed by atoms with E-state index in [0.717, 1.165) is 15.1 Å². The minimum Gasteiger partial charge on any atom is -0.355 e. The van der Waals surface area contributed by atoms with Gasteiger partial charge in [0.05, 0.1) is 5.75 Å². The number of benzene rings is 1. The summed E-state index contributed by atoms with van der Waals surface area (Å²) in [6.45, 7) is 2.68. The number of aromatic nitrogens is 2. The molecule has 0 saturated carbocycles. The number of amides is 1. The van der Waals surface area contributed by atoms with Gasteiger partial charge < -0.3 is 5.32 Å². The quantitative estimate of drug-likeness (QED) is 0.682. The highest BCUT2D eigenvalue weighted by Crippen LogP contribution is 2.32. The maximum absolute atomic E-state index is 13.7. The van der Waals surface area contributed by atoms with Gasteiger partial charge >= 0.3 is 0 Å². The molecule has 4 nitrogen and oxygen atoms in total. The largest absolute Gasteiger partial charge is 0.355 e. The molecule has 9 heteroatoms. The van der Waals surface area contributed by atoms with Crippen LogP contribution in [0.2, 0.25) is 5.02 Å². The predicted molar refractivity (Wildman–Crippen MR) is 94.9 cm³/mol. The summed E-state index contributed by atoms with van der Waals surface area (Å²) in [6, 6.07) is 4.63. The number of nitrogens with zero attached hydrogens (tertiary/aromatic N) is 2. The summed E-state index contributed by atoms with van der Waals surface area (Å²) in [7, 11) is 0. The molecule has 0 atom stereocenters. The first-order chi connectivity index (χ1) is 11.1. The van der Waals surface area contributed by atoms with Crippen molar-refractivity contribution in [2.24, 2.45) is 0 Å². The zero-order chi connectivity index (χ0) is 16.7. The van der Waals surface area contributed by atoms with Gasteiger partial charge in [0.25, 0.3) is 0 Å². The highest BCUT2D eigenvalue weighted by molar-refractivity contribution is 8.03. The molecule has 0 radical (unpaired) electrons. The molecule has 0 saturated heterocycles. The van der Waals surface area contributed by atoms with Crippen LogP contribution >= 0.6 is 46.5 Å². The fourth-order valence-corrected chi connectivity index (χ4v) is 4.75. The Kier molecular flexibility index (Phi) is 7.61. The van der Waals surface area contributed by atoms with Crippen molar-refractivity contribution in [1.29, 1.82) is 0 Å². The van der Waals surface area contributed by atoms with Gasteiger partial charge in [-0.2, -0.15) is 0 Å². The molecule has 0 aliphatic carbocycles. The Morgan fingerprint density at radius 2 is 2.09 bits per heavy atom. The van der Waals surface area contributed by atoms with Gasteiger partial charge in [0, 0.05) is 22.9 Å². The summed E-state index contributed by atoms with van der Waals surface area (Å²) < 4.78 is 15.1. The Morgan fingerprint density at radius 1 is 1.35 bits per heavy atom. The lowest BCUT2D eigenvalue weighted by Gasteiger charge is -2.03. The minimum atomic E-state index is -0.322. The molecule has 23 heavy (non-hydrogen) atoms. The van der Waals surface area contributed by atoms with E-state index in [-0.39, 0.29) is 11.7 Å². The summed E-state index contributed by atoms with van der Waals surface area (Å²) in [5.74, 6) is 0.372. The Balaban J connectivity index is 1.84. The number of nitrogens with one attached hydrogen (secondary N) is 1. The second-order valence-corrected chi connectivity index (χ2v) is 8.29. The average Bonchev–Trinajstić information content (AvgIpc) is 2.98. The zero-order valence-corrected chi connectivity index (χ0v) is 15.5. The summed E-state index contributed by atoms with van der Waals surface area (Å²) in [5.41, 5.74) is 0.461. The first-order valence-corrected chi connectivity index (χ1v) is 10.1. The maximum Gasteiger partial charge on any atom is 0.230 e. The molecule has 1 N–H and O–H groups in total. The van der Waals surface area contributed by atoms with Gasteiger partial charge in [0.15, 0.2) is 8.68 Å². The van der Waals surface area contributed by atoms with Gasteiger partial charge in [-0.3, -0.25) is 4.79 Å². The zero-order valence-electron chi connectivity index (χ0n) is 12.3. The third-order valence-electron chi connectivity index (χ3n) is 2.69. The molecule has 2 aromatic rings. The number of carbonyl (C=O) groups excluding carboxylic acids is 1. The van der Waals surface area contributed by atoms with Crippen molar-refractivity contribution in [3.05, 3.63) is 34.6 Å². The van der Waals surface area contributed by atoms with Crippen LogP contribution in [-0.2, 0) is 10.5 Å². The lowest BCUT2D eigenvalue weighted by atomic mass is 10.2. The predicted octanol–water partition coefficient (Wildman–Crippen LogP) is 4.24. The molecule has 1 heterocycles. The van der Waals surface area contributed by atoms with Crippen molar-refractivity contribution in [2.45, 2.75) is 27.8 Å². The number of halogens is 2. The number of carbonyl (C=O) groups is 1. The van der Waals surface area contributed by atoms with Crippen molar-refractivity contribution in [1.82, 2.24) is 15.5 Å². The van der Waals surface area contributed by atoms with Gasteiger partial charge in [-0.15, -0.1) is 10.2 Å². The van der Waals surface area contributed by atoms with E-state index in [1.807, 2.05) is 6.92 Å². The molecule has 1 aromatic heterocycles. The minimum absolute atomic E-state index is 0.0145. The third kappa shape index (κ3) is 5.95. The fraction of sp³-hybridized carbons (Fsp3) is 0.357. The van der Waals surface area contributed by atoms with E-state index in [9.17, 15) is 9.18 Å². The van der Waals surface area contributed by atoms with Crippen molar-refractivity contribution in [3.8, 4) is 0 Å². The monoisotopic (exact) mass is 391 g/mol. The summed E-state index contributed by atoms with van der Waals surface area (Å²) >= 11 is 10.1. The van der Waals surface area contributed by atoms with Crippen LogP contribution in [0, 0.1) is 5.82 Å². The van der Waals surface area contributed by atoms with Crippen LogP contribution in [0.25, 0.3) is 0 Å². The summed E-state index contributed by atoms with van der Waals surface area (Å²) in [4.78, 5) is 11.5. The molecule has 2 rings (SSSR count). The van der Waals surface area contributed by atoms with E-state index in [1.165, 1.54) is 40.9 Å². The van der Waals surface area contributed by atoms with Crippen LogP contribution < -0.4 is 5.32 Å². The molecular formula is C14H15ClFN3OS3. The molecule has 0 aliphatic rings. The number of rotatable bonds is 8. The second kappa shape index (κ2) is 9.46. The summed E-state index contributed by atoms with van der Waals surface area (Å²) in [6.07, 6.45) is 0.911. The average molecular weight is 392 g/mol. The molecule has 0 aliphatic heterocycles. The van der Waals surface area contributed by atoms with Gasteiger partial charge in [-0.05, 0) is 18.6 Å². The second-order valence-electron chi connectivity index (χ2n) is 4.46. The number of hydrogen-bond donors (Lipinski definition) is 1. The van der Waals surface area contributed by atoms with Crippen LogP contribution in [0.15, 0.2) is 26.9 Å². The van der Waals surface area contributed by atoms with Crippen LogP contribution in [0.5, 0.6) is 0 Å². The van der Waals surface area contributed by atoms with E-state index in [4.69, 9.17) is 11.6 Å². The van der Waals surface area contributed by atoms with E-state index in [2.05, 4.69) is 15.5 Å². The van der Waals surface area contributed by atoms with E-state index < -0.39 is 0 Å². The van der Waals surface area contributed by atoms with E-state index in [0.29, 0.717) is 28.6 Å². The van der Waals surface area contributed by atoms with Crippen molar-refractivity contribution in [3.63, 3.8) is 0 Å². The lowest BCUT2D eigenvalue weighted by Crippen LogP contribution is -2.25. The Hall–Kier alpha value is -0.830. The first kappa shape index (κ1) is 18.5. The highest BCUT2D eigenvalue weighted by atomic mass is 35.5. The molecule has 0 fully saturated rings. The maximum atomic E-state index is 13.7. The molecular weight excluding hydrogens is 377 g/mol. The van der Waals surface area contributed by atoms with E-state index >= 15 is 0 Å². The normalized spacial score (nSPS) is 10.7. The molecule has 0 unspecified atom stereocenters. The summed E-state index contributed by atoms with van der Waals surface area (Å²) in [5, 5.41) is 11.3. The van der Waals surface area contributed by atoms with Crippen LogP contribution in [0.3, 0.4) is 0 Å². The molecule has 0 bridgehead atoms. The SMILES string of the molecule is CCCNC(=O)CSc1nnc(SCc2c(F)cccc2Cl)s1. The Morgan fingerprint density at radius 3 is 2.78 bits per heavy atom. The highest BCUT2D eigenvalue weighted by Gasteiger charge is 2.11. The lowest BCUT2D eigenvalue weighted by molar-refractivity contribution is -0.118. The molecule has 124 valence electrons. The topological polar surface area (TPSA) is 54.9 Å². The van der Waals surface area contributed by atoms with Gasteiger partial charge in [-0.25, -0.2) is 4.39 Å². The van der Waals surface area contributed by atoms with Gasteiger partial charge in [-0.1, -0.05) is 59.5 Å². The van der Waals surface area contributed by atoms with Gasteiger partial charge in [0.2, 0.25) is 5.91 Å². The van der Waals surface area contributed by atoms with Crippen LogP contribution in [-0.4, -0.2) is 28.4 Å². The van der Waals surface area contributed by atoms with E-state index in [1.54, 1.807) is 12.1 Å². The van der Waals surface area contributed by atoms with Crippen molar-refractivity contribution >= 4 is 52.4 Å². The molecule has 1 aromatic carbocycles. The third-order valence-corrected chi connectivity index (χ3v) is 6.26. The van der Waals surface area contributed by atoms with Gasteiger partial charge in [0.1, 0.15) is 5.82 Å². The first-order valence-electron chi connectivity index (χ1n) is 6.88. The number of hydrogen-bond acceptors (Lipinski definition) is 6. The van der Waals surface area contributed by atoms with Crippen molar-refractivity contribution < 1.29 is 9.18 Å². The number of thioether (sulfide) groups is 2. The smallest absolute Gasteiger partial charge is 0.230 e. The van der Waals surface area contributed by atoms with Crippen LogP contribution in [0.4, 0.5) is 4.39 Å². The molecule has 1 amide bonds. The van der Waals surface area contributed by atoms with Crippen molar-refractivity contribution in [2.75, 3.05) is 12.3 Å². The van der Waals surface area contributed by atoms with Crippen LogP contribution in [0.1, 0.15) is 18.9 Å². The fourth-order valence-electron chi connectivity index (χ4n) is 1.56. The Labute approximate surface area is 151 Å². The standard InChI is InChI=1S/C14H15ClFN3OS3/c1-2-6-17-12(20)8-22-14-19-18-13(23-14)21-7-9-10(15)4-3-5-11(9)16/h3-5H,2,6-8H2,1H3,(H,17,20). The Bertz CT molecular complexity index is 648. The molecule has 0 spiro atoms.